The number of aromatic hydroxyl groups is 2. The standard InChI is InChI=1S/C34H48O18/c1-45-17-7-14(8-18(46-2)24(17)37)22-16(12-50-34-31(44)29(42)26(39)21(10-36)52-34)15(5-13-6-19(47-3)27(40)32(48-4)23(13)22)11-49-33-30(43)28(41)25(38)20(9-35)51-33/h6-8,15-16,20-22,25-26,28-31,33-44H,5,9-12H2,1-4H3. The van der Waals surface area contributed by atoms with Crippen LogP contribution in [0.4, 0.5) is 0 Å². The van der Waals surface area contributed by atoms with Crippen LogP contribution in [0.1, 0.15) is 22.6 Å². The lowest BCUT2D eigenvalue weighted by molar-refractivity contribution is -0.309. The molecule has 0 spiro atoms. The molecule has 3 aliphatic rings. The summed E-state index contributed by atoms with van der Waals surface area (Å²) in [5.74, 6) is -2.54. The van der Waals surface area contributed by atoms with Crippen molar-refractivity contribution in [3.63, 3.8) is 0 Å². The van der Waals surface area contributed by atoms with E-state index >= 15 is 0 Å². The second kappa shape index (κ2) is 16.8. The van der Waals surface area contributed by atoms with Crippen LogP contribution in [-0.4, -0.2) is 167 Å². The minimum Gasteiger partial charge on any atom is -0.502 e. The van der Waals surface area contributed by atoms with Crippen molar-refractivity contribution in [3.8, 4) is 34.5 Å². The van der Waals surface area contributed by atoms with Crippen molar-refractivity contribution in [1.29, 1.82) is 0 Å². The van der Waals surface area contributed by atoms with Gasteiger partial charge in [-0.3, -0.25) is 0 Å². The van der Waals surface area contributed by atoms with Gasteiger partial charge in [0, 0.05) is 11.5 Å². The van der Waals surface area contributed by atoms with Gasteiger partial charge in [0.2, 0.25) is 11.5 Å². The molecule has 0 amide bonds. The number of methoxy groups -OCH3 is 4. The van der Waals surface area contributed by atoms with Gasteiger partial charge in [0.1, 0.15) is 48.8 Å². The Hall–Kier alpha value is -3.24. The van der Waals surface area contributed by atoms with Crippen LogP contribution in [0, 0.1) is 11.8 Å². The molecule has 2 fully saturated rings. The molecule has 18 nitrogen and oxygen atoms in total. The molecule has 13 atom stereocenters. The highest BCUT2D eigenvalue weighted by molar-refractivity contribution is 5.64. The van der Waals surface area contributed by atoms with E-state index < -0.39 is 92.4 Å². The van der Waals surface area contributed by atoms with Gasteiger partial charge >= 0.3 is 0 Å². The van der Waals surface area contributed by atoms with Crippen molar-refractivity contribution in [2.24, 2.45) is 11.8 Å². The van der Waals surface area contributed by atoms with E-state index in [2.05, 4.69) is 0 Å². The Bertz CT molecular complexity index is 1480. The van der Waals surface area contributed by atoms with E-state index in [1.807, 2.05) is 0 Å². The zero-order valence-corrected chi connectivity index (χ0v) is 29.0. The fraction of sp³-hybridized carbons (Fsp3) is 0.647. The molecule has 13 unspecified atom stereocenters. The Morgan fingerprint density at radius 3 is 1.56 bits per heavy atom. The van der Waals surface area contributed by atoms with Gasteiger partial charge in [-0.2, -0.15) is 0 Å². The highest BCUT2D eigenvalue weighted by Gasteiger charge is 2.48. The van der Waals surface area contributed by atoms with Gasteiger partial charge in [0.05, 0.1) is 54.9 Å². The molecule has 52 heavy (non-hydrogen) atoms. The first-order valence-electron chi connectivity index (χ1n) is 16.6. The average Bonchev–Trinajstić information content (AvgIpc) is 3.15. The third-order valence-electron chi connectivity index (χ3n) is 10.1. The molecule has 2 saturated heterocycles. The molecule has 18 heteroatoms. The summed E-state index contributed by atoms with van der Waals surface area (Å²) in [6.45, 7) is -1.85. The molecule has 2 aromatic rings. The van der Waals surface area contributed by atoms with Crippen molar-refractivity contribution in [3.05, 3.63) is 34.9 Å². The number of phenols is 2. The Labute approximate surface area is 298 Å². The molecule has 0 bridgehead atoms. The third-order valence-corrected chi connectivity index (χ3v) is 10.1. The van der Waals surface area contributed by atoms with E-state index in [1.165, 1.54) is 28.4 Å². The van der Waals surface area contributed by atoms with Crippen LogP contribution in [0.15, 0.2) is 18.2 Å². The van der Waals surface area contributed by atoms with E-state index in [9.17, 15) is 51.1 Å². The van der Waals surface area contributed by atoms with Crippen molar-refractivity contribution in [2.75, 3.05) is 54.9 Å². The number of rotatable bonds is 13. The fourth-order valence-corrected chi connectivity index (χ4v) is 7.24. The van der Waals surface area contributed by atoms with Crippen molar-refractivity contribution < 1.29 is 89.0 Å². The summed E-state index contributed by atoms with van der Waals surface area (Å²) >= 11 is 0. The van der Waals surface area contributed by atoms with E-state index in [0.29, 0.717) is 16.7 Å². The molecular weight excluding hydrogens is 696 g/mol. The van der Waals surface area contributed by atoms with Crippen LogP contribution in [-0.2, 0) is 25.4 Å². The number of benzene rings is 2. The summed E-state index contributed by atoms with van der Waals surface area (Å²) in [7, 11) is 5.42. The Kier molecular flexibility index (Phi) is 12.9. The molecule has 2 aromatic carbocycles. The summed E-state index contributed by atoms with van der Waals surface area (Å²) in [6, 6.07) is 4.72. The molecule has 2 aliphatic heterocycles. The number of ether oxygens (including phenoxy) is 8. The van der Waals surface area contributed by atoms with Gasteiger partial charge in [0.25, 0.3) is 0 Å². The van der Waals surface area contributed by atoms with Gasteiger partial charge in [-0.1, -0.05) is 0 Å². The summed E-state index contributed by atoms with van der Waals surface area (Å²) in [6.07, 6.45) is -15.4. The molecular formula is C34H48O18. The maximum absolute atomic E-state index is 11.3. The first kappa shape index (κ1) is 40.0. The maximum atomic E-state index is 11.3. The maximum Gasteiger partial charge on any atom is 0.201 e. The predicted octanol–water partition coefficient (Wildman–Crippen LogP) is -2.31. The molecule has 10 N–H and O–H groups in total. The zero-order chi connectivity index (χ0) is 38.0. The quantitative estimate of drug-likeness (QED) is 0.103. The van der Waals surface area contributed by atoms with Crippen LogP contribution in [0.3, 0.4) is 0 Å². The Balaban J connectivity index is 1.63. The number of aliphatic hydroxyl groups is 8. The first-order valence-corrected chi connectivity index (χ1v) is 16.6. The lowest BCUT2D eigenvalue weighted by Gasteiger charge is -2.44. The van der Waals surface area contributed by atoms with Crippen molar-refractivity contribution >= 4 is 0 Å². The van der Waals surface area contributed by atoms with E-state index in [1.54, 1.807) is 18.2 Å². The molecule has 2 heterocycles. The molecule has 5 rings (SSSR count). The smallest absolute Gasteiger partial charge is 0.201 e. The predicted molar refractivity (Wildman–Crippen MR) is 174 cm³/mol. The number of hydrogen-bond acceptors (Lipinski definition) is 18. The van der Waals surface area contributed by atoms with Gasteiger partial charge in [-0.05, 0) is 47.6 Å². The first-order chi connectivity index (χ1) is 24.8. The molecule has 0 aromatic heterocycles. The summed E-state index contributed by atoms with van der Waals surface area (Å²) in [5, 5.41) is 104. The van der Waals surface area contributed by atoms with E-state index in [-0.39, 0.29) is 54.1 Å². The van der Waals surface area contributed by atoms with Gasteiger partial charge in [-0.25, -0.2) is 0 Å². The van der Waals surface area contributed by atoms with Gasteiger partial charge < -0.3 is 89.0 Å². The number of fused-ring (bicyclic) bond motifs is 1. The lowest BCUT2D eigenvalue weighted by atomic mass is 9.66. The molecule has 292 valence electrons. The van der Waals surface area contributed by atoms with Gasteiger partial charge in [0.15, 0.2) is 35.6 Å². The molecule has 0 radical (unpaired) electrons. The highest BCUT2D eigenvalue weighted by atomic mass is 16.7. The number of hydrogen-bond donors (Lipinski definition) is 10. The minimum absolute atomic E-state index is 0.0425. The fourth-order valence-electron chi connectivity index (χ4n) is 7.24. The Morgan fingerprint density at radius 1 is 0.615 bits per heavy atom. The summed E-state index contributed by atoms with van der Waals surface area (Å²) < 4.78 is 45.5. The number of aliphatic hydroxyl groups excluding tert-OH is 8. The second-order valence-electron chi connectivity index (χ2n) is 13.0. The topological polar surface area (TPSA) is 276 Å². The largest absolute Gasteiger partial charge is 0.502 e. The van der Waals surface area contributed by atoms with E-state index in [4.69, 9.17) is 37.9 Å². The average molecular weight is 745 g/mol. The minimum atomic E-state index is -1.73. The third kappa shape index (κ3) is 7.43. The normalized spacial score (nSPS) is 34.7. The monoisotopic (exact) mass is 744 g/mol. The second-order valence-corrected chi connectivity index (χ2v) is 13.0. The van der Waals surface area contributed by atoms with Crippen molar-refractivity contribution in [1.82, 2.24) is 0 Å². The van der Waals surface area contributed by atoms with Crippen LogP contribution in [0.2, 0.25) is 0 Å². The van der Waals surface area contributed by atoms with E-state index in [0.717, 1.165) is 0 Å². The van der Waals surface area contributed by atoms with Crippen molar-refractivity contribution in [2.45, 2.75) is 73.8 Å². The molecule has 0 saturated carbocycles. The lowest BCUT2D eigenvalue weighted by Crippen LogP contribution is -2.59. The van der Waals surface area contributed by atoms with Crippen LogP contribution in [0.5, 0.6) is 34.5 Å². The summed E-state index contributed by atoms with van der Waals surface area (Å²) in [5.41, 5.74) is 1.56. The van der Waals surface area contributed by atoms with Crippen LogP contribution in [0.25, 0.3) is 0 Å². The highest BCUT2D eigenvalue weighted by Crippen LogP contribution is 2.55. The summed E-state index contributed by atoms with van der Waals surface area (Å²) in [4.78, 5) is 0. The van der Waals surface area contributed by atoms with Gasteiger partial charge in [-0.15, -0.1) is 0 Å². The van der Waals surface area contributed by atoms with Crippen LogP contribution >= 0.6 is 0 Å². The Morgan fingerprint density at radius 2 is 1.10 bits per heavy atom. The van der Waals surface area contributed by atoms with Crippen LogP contribution < -0.4 is 18.9 Å². The zero-order valence-electron chi connectivity index (χ0n) is 29.0. The SMILES string of the molecule is COc1cc(C2c3c(cc(OC)c(O)c3OC)CC(COC3OC(CO)C(O)C(O)C3O)C2COC2OC(CO)C(O)C(O)C2O)cc(OC)c1O. The molecule has 1 aliphatic carbocycles. The number of phenolic OH excluding ortho intramolecular Hbond substituents is 2.